The summed E-state index contributed by atoms with van der Waals surface area (Å²) in [6.45, 7) is 14.3. The van der Waals surface area contributed by atoms with Crippen molar-refractivity contribution in [3.63, 3.8) is 0 Å². The third-order valence-electron chi connectivity index (χ3n) is 8.36. The zero-order chi connectivity index (χ0) is 37.1. The van der Waals surface area contributed by atoms with Crippen molar-refractivity contribution in [2.24, 2.45) is 5.92 Å². The van der Waals surface area contributed by atoms with E-state index in [9.17, 15) is 4.79 Å². The van der Waals surface area contributed by atoms with Crippen LogP contribution in [0.1, 0.15) is 91.5 Å². The Kier molecular flexibility index (Phi) is 25.7. The zero-order valence-electron chi connectivity index (χ0n) is 32.6. The lowest BCUT2D eigenvalue weighted by Crippen LogP contribution is -2.44. The van der Waals surface area contributed by atoms with Crippen LogP contribution in [0.25, 0.3) is 0 Å². The highest BCUT2D eigenvalue weighted by Crippen LogP contribution is 2.29. The molecule has 1 aliphatic heterocycles. The first-order valence-electron chi connectivity index (χ1n) is 18.1. The number of aliphatic carboxylic acids is 1. The molecule has 0 radical (unpaired) electrons. The average molecular weight is 689 g/mol. The van der Waals surface area contributed by atoms with E-state index in [1.54, 1.807) is 14.2 Å². The second-order valence-electron chi connectivity index (χ2n) is 13.5. The predicted octanol–water partition coefficient (Wildman–Crippen LogP) is 7.63. The molecule has 0 saturated carbocycles. The molecule has 1 heterocycles. The summed E-state index contributed by atoms with van der Waals surface area (Å²) in [4.78, 5) is 21.3. The third-order valence-corrected chi connectivity index (χ3v) is 8.36. The van der Waals surface area contributed by atoms with Gasteiger partial charge >= 0.3 is 0 Å². The Bertz CT molecular complexity index is 1120. The van der Waals surface area contributed by atoms with Crippen molar-refractivity contribution in [3.05, 3.63) is 65.1 Å². The van der Waals surface area contributed by atoms with Crippen LogP contribution in [0.5, 0.6) is 5.75 Å². The van der Waals surface area contributed by atoms with Crippen LogP contribution in [0.4, 0.5) is 0 Å². The van der Waals surface area contributed by atoms with Crippen LogP contribution in [-0.4, -0.2) is 101 Å². The Labute approximate surface area is 299 Å². The van der Waals surface area contributed by atoms with Gasteiger partial charge in [-0.25, -0.2) is 0 Å². The smallest absolute Gasteiger partial charge is 0.300 e. The van der Waals surface area contributed by atoms with E-state index in [-0.39, 0.29) is 0 Å². The number of piperidine rings is 1. The van der Waals surface area contributed by atoms with Crippen LogP contribution in [0.3, 0.4) is 0 Å². The molecule has 2 unspecified atom stereocenters. The van der Waals surface area contributed by atoms with Gasteiger partial charge in [0, 0.05) is 26.1 Å². The molecule has 0 aliphatic carbocycles. The fraction of sp³-hybridized carbons (Fsp3) is 0.650. The number of carboxylic acid groups (broad SMARTS) is 1. The number of unbranched alkanes of at least 4 members (excludes halogenated alkanes) is 2. The number of likely N-dealkylation sites (tertiary alicyclic amines) is 1. The molecule has 1 aromatic carbocycles. The summed E-state index contributed by atoms with van der Waals surface area (Å²) in [6.07, 6.45) is 18.0. The second-order valence-corrected chi connectivity index (χ2v) is 13.5. The minimum atomic E-state index is -0.833. The molecule has 1 aromatic rings. The maximum absolute atomic E-state index is 9.57. The lowest BCUT2D eigenvalue weighted by Gasteiger charge is -2.39. The minimum Gasteiger partial charge on any atom is -0.496 e. The van der Waals surface area contributed by atoms with Crippen molar-refractivity contribution in [2.75, 3.05) is 68.1 Å². The molecule has 1 amide bonds. The normalized spacial score (nSPS) is 17.1. The number of carbonyl (C=O) groups is 2. The van der Waals surface area contributed by atoms with E-state index in [1.165, 1.54) is 57.2 Å². The lowest BCUT2D eigenvalue weighted by molar-refractivity contribution is -0.870. The Hall–Kier alpha value is -3.30. The van der Waals surface area contributed by atoms with Gasteiger partial charge in [0.05, 0.1) is 48.5 Å². The van der Waals surface area contributed by atoms with Crippen molar-refractivity contribution >= 4 is 12.4 Å². The van der Waals surface area contributed by atoms with E-state index >= 15 is 0 Å². The molecule has 9 nitrogen and oxygen atoms in total. The summed E-state index contributed by atoms with van der Waals surface area (Å²) in [5.74, 6) is 2.37. The number of carboxylic acids is 1. The van der Waals surface area contributed by atoms with Gasteiger partial charge in [-0.15, -0.1) is 0 Å². The number of allylic oxidation sites excluding steroid dienone is 3. The van der Waals surface area contributed by atoms with Crippen LogP contribution < -0.4 is 10.1 Å². The summed E-state index contributed by atoms with van der Waals surface area (Å²) >= 11 is 0. The van der Waals surface area contributed by atoms with Crippen LogP contribution in [-0.2, 0) is 25.5 Å². The van der Waals surface area contributed by atoms with E-state index in [0.717, 1.165) is 73.0 Å². The van der Waals surface area contributed by atoms with Crippen molar-refractivity contribution in [3.8, 4) is 5.75 Å². The summed E-state index contributed by atoms with van der Waals surface area (Å²) < 4.78 is 18.3. The van der Waals surface area contributed by atoms with Crippen molar-refractivity contribution in [1.82, 2.24) is 10.2 Å². The van der Waals surface area contributed by atoms with E-state index in [0.29, 0.717) is 18.6 Å². The molecule has 1 aliphatic rings. The Morgan fingerprint density at radius 1 is 1.06 bits per heavy atom. The molecule has 2 atom stereocenters. The number of rotatable bonds is 20. The second kappa shape index (κ2) is 27.5. The Morgan fingerprint density at radius 3 is 2.33 bits per heavy atom. The van der Waals surface area contributed by atoms with Gasteiger partial charge in [0.2, 0.25) is 6.41 Å². The number of hydrogen-bond donors (Lipinski definition) is 2. The Morgan fingerprint density at radius 2 is 1.76 bits per heavy atom. The molecule has 9 heteroatoms. The van der Waals surface area contributed by atoms with Crippen LogP contribution in [0, 0.1) is 5.92 Å². The molecule has 49 heavy (non-hydrogen) atoms. The van der Waals surface area contributed by atoms with Gasteiger partial charge < -0.3 is 29.1 Å². The molecule has 0 spiro atoms. The minimum absolute atomic E-state index is 0.526. The van der Waals surface area contributed by atoms with Gasteiger partial charge in [0.25, 0.3) is 5.97 Å². The topological polar surface area (TPSA) is 97.3 Å². The highest BCUT2D eigenvalue weighted by Gasteiger charge is 2.27. The SMILES string of the molecule is CC(=O)O.CCCCNC=O.C\C=C(C)/C(OCC)=C(\C=C\C1CCC(CCCc2ccccc2OC)N(CCCC[N+](C)(C)C)C1)OC. The molecule has 2 rings (SSSR count). The fourth-order valence-corrected chi connectivity index (χ4v) is 5.68. The standard InChI is InChI=1S/C33H55N2O3.C5H11NO.C2H4O2/c1-9-27(3)33(38-10-2)32(37-8)23-21-28-20-22-30(34(26-28)24-13-14-25-35(4,5)6)18-15-17-29-16-11-12-19-31(29)36-7;1-2-3-4-6-5-7;1-2(3)4/h9,11-12,16,19,21,23,28,30H,10,13-15,17-18,20,22,24-26H2,1-8H3;5H,2-4H2,1H3,(H,6,7);1H3,(H,3,4)/q+1;;/b23-21+,27-9-,33-32-;;. The zero-order valence-corrected chi connectivity index (χ0v) is 32.6. The van der Waals surface area contributed by atoms with Crippen LogP contribution >= 0.6 is 0 Å². The number of amides is 1. The van der Waals surface area contributed by atoms with E-state index in [1.807, 2.05) is 13.8 Å². The molecule has 1 fully saturated rings. The number of hydrogen-bond acceptors (Lipinski definition) is 6. The van der Waals surface area contributed by atoms with Crippen molar-refractivity contribution in [2.45, 2.75) is 98.4 Å². The number of quaternary nitrogens is 1. The predicted molar refractivity (Wildman–Crippen MR) is 203 cm³/mol. The third kappa shape index (κ3) is 22.1. The monoisotopic (exact) mass is 689 g/mol. The van der Waals surface area contributed by atoms with Gasteiger partial charge in [-0.2, -0.15) is 0 Å². The molecular weight excluding hydrogens is 618 g/mol. The summed E-state index contributed by atoms with van der Waals surface area (Å²) in [7, 11) is 10.4. The van der Waals surface area contributed by atoms with Crippen molar-refractivity contribution in [1.29, 1.82) is 0 Å². The molecule has 1 saturated heterocycles. The molecule has 2 N–H and O–H groups in total. The number of nitrogens with one attached hydrogen (secondary N) is 1. The lowest BCUT2D eigenvalue weighted by atomic mass is 9.89. The maximum Gasteiger partial charge on any atom is 0.300 e. The van der Waals surface area contributed by atoms with Gasteiger partial charge in [-0.05, 0) is 108 Å². The van der Waals surface area contributed by atoms with Crippen molar-refractivity contribution < 1.29 is 33.4 Å². The molecule has 280 valence electrons. The molecule has 0 bridgehead atoms. The first kappa shape index (κ1) is 45.7. The summed E-state index contributed by atoms with van der Waals surface area (Å²) in [5.41, 5.74) is 2.42. The largest absolute Gasteiger partial charge is 0.496 e. The number of para-hydroxylation sites is 1. The number of ether oxygens (including phenoxy) is 3. The number of nitrogens with zero attached hydrogens (tertiary/aromatic N) is 2. The van der Waals surface area contributed by atoms with Gasteiger partial charge in [0.15, 0.2) is 11.5 Å². The van der Waals surface area contributed by atoms with E-state index in [4.69, 9.17) is 24.1 Å². The maximum atomic E-state index is 9.57. The van der Waals surface area contributed by atoms with Gasteiger partial charge in [-0.1, -0.05) is 43.7 Å². The average Bonchev–Trinajstić information content (AvgIpc) is 3.07. The molecule has 0 aromatic heterocycles. The number of aryl methyl sites for hydroxylation is 1. The van der Waals surface area contributed by atoms with Gasteiger partial charge in [-0.3, -0.25) is 14.5 Å². The number of methoxy groups -OCH3 is 2. The summed E-state index contributed by atoms with van der Waals surface area (Å²) in [5, 5.41) is 9.99. The first-order valence-corrected chi connectivity index (χ1v) is 18.1. The molecular formula is C40H70N3O6+. The van der Waals surface area contributed by atoms with Crippen LogP contribution in [0.15, 0.2) is 59.6 Å². The summed E-state index contributed by atoms with van der Waals surface area (Å²) in [6, 6.07) is 9.10. The Balaban J connectivity index is 0.00000180. The fourth-order valence-electron chi connectivity index (χ4n) is 5.68. The van der Waals surface area contributed by atoms with E-state index < -0.39 is 5.97 Å². The highest BCUT2D eigenvalue weighted by atomic mass is 16.5. The van der Waals surface area contributed by atoms with Crippen LogP contribution in [0.2, 0.25) is 0 Å². The first-order chi connectivity index (χ1) is 23.4. The highest BCUT2D eigenvalue weighted by molar-refractivity contribution is 5.63. The quantitative estimate of drug-likeness (QED) is 0.0478. The number of carbonyl (C=O) groups excluding carboxylic acids is 1. The number of benzene rings is 1. The van der Waals surface area contributed by atoms with E-state index in [2.05, 4.69) is 87.7 Å². The van der Waals surface area contributed by atoms with Gasteiger partial charge in [0.1, 0.15) is 5.75 Å².